The lowest BCUT2D eigenvalue weighted by Crippen LogP contribution is -2.47. The van der Waals surface area contributed by atoms with E-state index in [0.29, 0.717) is 12.8 Å². The Hall–Kier alpha value is -1.08. The Morgan fingerprint density at radius 1 is 1.73 bits per heavy atom. The molecule has 0 bridgehead atoms. The van der Waals surface area contributed by atoms with Crippen LogP contribution in [-0.4, -0.2) is 34.6 Å². The number of hydrogen-bond acceptors (Lipinski definition) is 3. The van der Waals surface area contributed by atoms with Crippen LogP contribution in [0.4, 0.5) is 0 Å². The minimum atomic E-state index is -0.702. The van der Waals surface area contributed by atoms with Crippen LogP contribution >= 0.6 is 0 Å². The Balaban J connectivity index is 2.60. The molecular formula is C11H18N2O2. The molecule has 0 aromatic rings. The van der Waals surface area contributed by atoms with Gasteiger partial charge in [-0.3, -0.25) is 9.69 Å². The Kier molecular flexibility index (Phi) is 4.10. The van der Waals surface area contributed by atoms with Gasteiger partial charge in [0.05, 0.1) is 18.0 Å². The maximum atomic E-state index is 10.8. The number of nitriles is 1. The van der Waals surface area contributed by atoms with Gasteiger partial charge in [0, 0.05) is 12.6 Å². The van der Waals surface area contributed by atoms with Gasteiger partial charge in [-0.1, -0.05) is 6.92 Å². The minimum absolute atomic E-state index is 0.0604. The second-order valence-corrected chi connectivity index (χ2v) is 4.20. The summed E-state index contributed by atoms with van der Waals surface area (Å²) in [5.74, 6) is -0.932. The molecule has 4 nitrogen and oxygen atoms in total. The van der Waals surface area contributed by atoms with Gasteiger partial charge in [0.1, 0.15) is 0 Å². The number of aliphatic carboxylic acids is 1. The van der Waals surface area contributed by atoms with E-state index in [0.717, 1.165) is 13.0 Å². The summed E-state index contributed by atoms with van der Waals surface area (Å²) in [6, 6.07) is 2.41. The molecule has 0 spiro atoms. The lowest BCUT2D eigenvalue weighted by molar-refractivity contribution is -0.144. The fourth-order valence-corrected chi connectivity index (χ4v) is 2.28. The summed E-state index contributed by atoms with van der Waals surface area (Å²) in [6.07, 6.45) is 2.13. The normalized spacial score (nSPS) is 29.4. The molecule has 1 saturated heterocycles. The molecule has 0 aromatic carbocycles. The Morgan fingerprint density at radius 3 is 2.80 bits per heavy atom. The summed E-state index contributed by atoms with van der Waals surface area (Å²) in [5, 5.41) is 17.9. The molecular weight excluding hydrogens is 192 g/mol. The predicted molar refractivity (Wildman–Crippen MR) is 56.2 cm³/mol. The highest BCUT2D eigenvalue weighted by molar-refractivity contribution is 5.70. The van der Waals surface area contributed by atoms with Gasteiger partial charge in [0.25, 0.3) is 0 Å². The van der Waals surface area contributed by atoms with Gasteiger partial charge in [-0.2, -0.15) is 5.26 Å². The smallest absolute Gasteiger partial charge is 0.306 e. The largest absolute Gasteiger partial charge is 0.481 e. The lowest BCUT2D eigenvalue weighted by atomic mass is 9.90. The van der Waals surface area contributed by atoms with Crippen LogP contribution in [0, 0.1) is 17.2 Å². The number of rotatable bonds is 3. The van der Waals surface area contributed by atoms with Gasteiger partial charge in [0.2, 0.25) is 0 Å². The first-order valence-corrected chi connectivity index (χ1v) is 5.48. The van der Waals surface area contributed by atoms with E-state index in [1.54, 1.807) is 0 Å². The van der Waals surface area contributed by atoms with Gasteiger partial charge >= 0.3 is 5.97 Å². The Morgan fingerprint density at radius 2 is 2.40 bits per heavy atom. The van der Waals surface area contributed by atoms with E-state index < -0.39 is 5.97 Å². The molecule has 3 atom stereocenters. The van der Waals surface area contributed by atoms with E-state index >= 15 is 0 Å². The van der Waals surface area contributed by atoms with Crippen LogP contribution in [0.15, 0.2) is 0 Å². The van der Waals surface area contributed by atoms with Crippen molar-refractivity contribution in [2.45, 2.75) is 45.2 Å². The van der Waals surface area contributed by atoms with Crippen LogP contribution in [0.25, 0.3) is 0 Å². The molecule has 3 unspecified atom stereocenters. The van der Waals surface area contributed by atoms with Crippen molar-refractivity contribution in [1.29, 1.82) is 5.26 Å². The van der Waals surface area contributed by atoms with Crippen LogP contribution in [0.3, 0.4) is 0 Å². The molecule has 1 heterocycles. The highest BCUT2D eigenvalue weighted by Gasteiger charge is 2.32. The van der Waals surface area contributed by atoms with Gasteiger partial charge < -0.3 is 5.11 Å². The highest BCUT2D eigenvalue weighted by Crippen LogP contribution is 2.25. The van der Waals surface area contributed by atoms with Crippen molar-refractivity contribution < 1.29 is 9.90 Å². The minimum Gasteiger partial charge on any atom is -0.481 e. The van der Waals surface area contributed by atoms with Crippen molar-refractivity contribution in [2.24, 2.45) is 5.92 Å². The number of likely N-dealkylation sites (tertiary alicyclic amines) is 1. The van der Waals surface area contributed by atoms with Crippen molar-refractivity contribution in [1.82, 2.24) is 4.90 Å². The molecule has 15 heavy (non-hydrogen) atoms. The number of carbonyl (C=O) groups is 1. The zero-order valence-electron chi connectivity index (χ0n) is 9.31. The van der Waals surface area contributed by atoms with Gasteiger partial charge in [-0.05, 0) is 26.2 Å². The number of piperidine rings is 1. The molecule has 0 aromatic heterocycles. The van der Waals surface area contributed by atoms with E-state index in [9.17, 15) is 4.79 Å². The molecule has 4 heteroatoms. The van der Waals surface area contributed by atoms with Crippen LogP contribution in [0.5, 0.6) is 0 Å². The van der Waals surface area contributed by atoms with Crippen molar-refractivity contribution in [3.05, 3.63) is 0 Å². The fourth-order valence-electron chi connectivity index (χ4n) is 2.28. The zero-order chi connectivity index (χ0) is 11.4. The van der Waals surface area contributed by atoms with Crippen LogP contribution < -0.4 is 0 Å². The van der Waals surface area contributed by atoms with Crippen LogP contribution in [0.2, 0.25) is 0 Å². The highest BCUT2D eigenvalue weighted by atomic mass is 16.4. The van der Waals surface area contributed by atoms with E-state index in [4.69, 9.17) is 10.4 Å². The van der Waals surface area contributed by atoms with Gasteiger partial charge in [-0.25, -0.2) is 0 Å². The standard InChI is InChI=1S/C11H18N2O2/c1-3-10(7-12)13-5-4-9(11(14)15)6-8(13)2/h8-10H,3-6H2,1-2H3,(H,14,15). The summed E-state index contributed by atoms with van der Waals surface area (Å²) < 4.78 is 0. The first-order chi connectivity index (χ1) is 7.10. The van der Waals surface area contributed by atoms with Crippen LogP contribution in [0.1, 0.15) is 33.1 Å². The predicted octanol–water partition coefficient (Wildman–Crippen LogP) is 1.47. The topological polar surface area (TPSA) is 64.3 Å². The molecule has 1 aliphatic rings. The summed E-state index contributed by atoms with van der Waals surface area (Å²) in [5.41, 5.74) is 0. The maximum absolute atomic E-state index is 10.8. The Labute approximate surface area is 90.5 Å². The average molecular weight is 210 g/mol. The molecule has 84 valence electrons. The monoisotopic (exact) mass is 210 g/mol. The summed E-state index contributed by atoms with van der Waals surface area (Å²) in [6.45, 7) is 4.73. The van der Waals surface area contributed by atoms with E-state index in [-0.39, 0.29) is 18.0 Å². The molecule has 0 saturated carbocycles. The lowest BCUT2D eigenvalue weighted by Gasteiger charge is -2.38. The molecule has 0 radical (unpaired) electrons. The van der Waals surface area contributed by atoms with Crippen molar-refractivity contribution in [3.63, 3.8) is 0 Å². The van der Waals surface area contributed by atoms with Crippen LogP contribution in [-0.2, 0) is 4.79 Å². The Bertz CT molecular complexity index is 272. The summed E-state index contributed by atoms with van der Waals surface area (Å²) in [4.78, 5) is 13.0. The molecule has 1 aliphatic heterocycles. The average Bonchev–Trinajstić information content (AvgIpc) is 2.21. The maximum Gasteiger partial charge on any atom is 0.306 e. The fraction of sp³-hybridized carbons (Fsp3) is 0.818. The molecule has 0 aliphatic carbocycles. The zero-order valence-corrected chi connectivity index (χ0v) is 9.31. The van der Waals surface area contributed by atoms with Crippen molar-refractivity contribution in [2.75, 3.05) is 6.54 Å². The third kappa shape index (κ3) is 2.69. The van der Waals surface area contributed by atoms with Gasteiger partial charge in [0.15, 0.2) is 0 Å². The van der Waals surface area contributed by atoms with E-state index in [2.05, 4.69) is 11.0 Å². The quantitative estimate of drug-likeness (QED) is 0.766. The number of nitrogens with zero attached hydrogens (tertiary/aromatic N) is 2. The molecule has 0 amide bonds. The number of hydrogen-bond donors (Lipinski definition) is 1. The third-order valence-electron chi connectivity index (χ3n) is 3.21. The SMILES string of the molecule is CCC(C#N)N1CCC(C(=O)O)CC1C. The van der Waals surface area contributed by atoms with Crippen molar-refractivity contribution in [3.8, 4) is 6.07 Å². The second kappa shape index (κ2) is 5.13. The molecule has 1 rings (SSSR count). The third-order valence-corrected chi connectivity index (χ3v) is 3.21. The van der Waals surface area contributed by atoms with Gasteiger partial charge in [-0.15, -0.1) is 0 Å². The molecule has 1 N–H and O–H groups in total. The number of carboxylic acid groups (broad SMARTS) is 1. The summed E-state index contributed by atoms with van der Waals surface area (Å²) in [7, 11) is 0. The van der Waals surface area contributed by atoms with E-state index in [1.807, 2.05) is 13.8 Å². The summed E-state index contributed by atoms with van der Waals surface area (Å²) >= 11 is 0. The second-order valence-electron chi connectivity index (χ2n) is 4.20. The van der Waals surface area contributed by atoms with Crippen molar-refractivity contribution >= 4 is 5.97 Å². The first kappa shape index (κ1) is 12.0. The molecule has 1 fully saturated rings. The van der Waals surface area contributed by atoms with E-state index in [1.165, 1.54) is 0 Å². The number of carboxylic acids is 1. The first-order valence-electron chi connectivity index (χ1n) is 5.48.